The minimum absolute atomic E-state index is 0.240. The van der Waals surface area contributed by atoms with Crippen LogP contribution in [0.2, 0.25) is 0 Å². The van der Waals surface area contributed by atoms with Crippen LogP contribution in [-0.2, 0) is 4.74 Å². The lowest BCUT2D eigenvalue weighted by Crippen LogP contribution is -2.08. The van der Waals surface area contributed by atoms with Crippen LogP contribution in [0.4, 0.5) is 0 Å². The third-order valence-electron chi connectivity index (χ3n) is 1.80. The summed E-state index contributed by atoms with van der Waals surface area (Å²) in [5, 5.41) is 8.57. The fourth-order valence-electron chi connectivity index (χ4n) is 0.926. The molecular formula is C11H19NO. The molecule has 0 aromatic heterocycles. The highest BCUT2D eigenvalue weighted by molar-refractivity contribution is 4.86. The van der Waals surface area contributed by atoms with Crippen molar-refractivity contribution in [3.8, 4) is 6.07 Å². The summed E-state index contributed by atoms with van der Waals surface area (Å²) in [6.07, 6.45) is 8.20. The predicted molar refractivity (Wildman–Crippen MR) is 54.3 cm³/mol. The van der Waals surface area contributed by atoms with Crippen LogP contribution in [0.3, 0.4) is 0 Å². The zero-order valence-electron chi connectivity index (χ0n) is 8.62. The van der Waals surface area contributed by atoms with Crippen molar-refractivity contribution in [2.24, 2.45) is 0 Å². The van der Waals surface area contributed by atoms with Gasteiger partial charge in [0.2, 0.25) is 0 Å². The van der Waals surface area contributed by atoms with Crippen molar-refractivity contribution in [1.82, 2.24) is 0 Å². The van der Waals surface area contributed by atoms with Gasteiger partial charge in [0, 0.05) is 0 Å². The lowest BCUT2D eigenvalue weighted by Gasteiger charge is -2.04. The second-order valence-corrected chi connectivity index (χ2v) is 2.97. The second-order valence-electron chi connectivity index (χ2n) is 2.97. The largest absolute Gasteiger partial charge is 0.359 e. The number of hydrogen-bond donors (Lipinski definition) is 0. The van der Waals surface area contributed by atoms with Gasteiger partial charge >= 0.3 is 0 Å². The minimum atomic E-state index is -0.240. The summed E-state index contributed by atoms with van der Waals surface area (Å²) >= 11 is 0. The molecule has 2 heteroatoms. The third-order valence-corrected chi connectivity index (χ3v) is 1.80. The molecule has 0 aliphatic carbocycles. The summed E-state index contributed by atoms with van der Waals surface area (Å²) in [5.74, 6) is 0. The van der Waals surface area contributed by atoms with Crippen LogP contribution >= 0.6 is 0 Å². The van der Waals surface area contributed by atoms with E-state index in [1.54, 1.807) is 0 Å². The highest BCUT2D eigenvalue weighted by Gasteiger charge is 2.00. The van der Waals surface area contributed by atoms with E-state index in [2.05, 4.69) is 19.1 Å². The maximum atomic E-state index is 8.57. The molecule has 0 fully saturated rings. The number of ether oxygens (including phenoxy) is 1. The first-order valence-electron chi connectivity index (χ1n) is 5.01. The van der Waals surface area contributed by atoms with Crippen molar-refractivity contribution >= 4 is 0 Å². The molecule has 0 rings (SSSR count). The average molecular weight is 181 g/mol. The maximum absolute atomic E-state index is 8.57. The predicted octanol–water partition coefficient (Wildman–Crippen LogP) is 3.05. The van der Waals surface area contributed by atoms with Crippen molar-refractivity contribution < 1.29 is 4.74 Å². The van der Waals surface area contributed by atoms with E-state index in [1.807, 2.05) is 13.0 Å². The van der Waals surface area contributed by atoms with Crippen LogP contribution in [0.1, 0.15) is 39.5 Å². The van der Waals surface area contributed by atoms with E-state index >= 15 is 0 Å². The van der Waals surface area contributed by atoms with Gasteiger partial charge in [-0.15, -0.1) is 0 Å². The molecule has 0 N–H and O–H groups in total. The molecule has 0 spiro atoms. The van der Waals surface area contributed by atoms with Crippen LogP contribution in [0.25, 0.3) is 0 Å². The molecule has 0 saturated heterocycles. The number of nitriles is 1. The molecule has 0 heterocycles. The number of allylic oxidation sites excluding steroid dienone is 1. The third kappa shape index (κ3) is 7.55. The second kappa shape index (κ2) is 9.28. The first kappa shape index (κ1) is 12.2. The van der Waals surface area contributed by atoms with E-state index in [9.17, 15) is 0 Å². The van der Waals surface area contributed by atoms with Gasteiger partial charge in [-0.2, -0.15) is 5.26 Å². The molecule has 0 aliphatic heterocycles. The molecule has 0 aliphatic rings. The van der Waals surface area contributed by atoms with Gasteiger partial charge in [-0.05, 0) is 12.8 Å². The molecule has 74 valence electrons. The van der Waals surface area contributed by atoms with E-state index in [1.165, 1.54) is 12.8 Å². The molecule has 0 saturated carbocycles. The van der Waals surface area contributed by atoms with Gasteiger partial charge in [-0.3, -0.25) is 0 Å². The zero-order valence-corrected chi connectivity index (χ0v) is 8.62. The summed E-state index contributed by atoms with van der Waals surface area (Å²) in [4.78, 5) is 0. The Bertz CT molecular complexity index is 169. The summed E-state index contributed by atoms with van der Waals surface area (Å²) in [6.45, 7) is 4.69. The van der Waals surface area contributed by atoms with E-state index in [4.69, 9.17) is 10.00 Å². The van der Waals surface area contributed by atoms with Gasteiger partial charge in [0.1, 0.15) is 6.10 Å². The Labute approximate surface area is 81.2 Å². The molecule has 0 aromatic carbocycles. The number of hydrogen-bond acceptors (Lipinski definition) is 2. The van der Waals surface area contributed by atoms with E-state index in [-0.39, 0.29) is 6.10 Å². The molecule has 0 amide bonds. The lowest BCUT2D eigenvalue weighted by atomic mass is 10.2. The van der Waals surface area contributed by atoms with E-state index in [0.717, 1.165) is 12.8 Å². The summed E-state index contributed by atoms with van der Waals surface area (Å²) in [7, 11) is 0. The van der Waals surface area contributed by atoms with E-state index in [0.29, 0.717) is 6.61 Å². The summed E-state index contributed by atoms with van der Waals surface area (Å²) in [5.41, 5.74) is 0. The molecule has 13 heavy (non-hydrogen) atoms. The van der Waals surface area contributed by atoms with Gasteiger partial charge in [-0.1, -0.05) is 38.8 Å². The molecular weight excluding hydrogens is 162 g/mol. The summed E-state index contributed by atoms with van der Waals surface area (Å²) in [6, 6.07) is 2.10. The Morgan fingerprint density at radius 2 is 2.15 bits per heavy atom. The molecule has 0 bridgehead atoms. The molecule has 1 atom stereocenters. The van der Waals surface area contributed by atoms with Crippen molar-refractivity contribution in [3.63, 3.8) is 0 Å². The lowest BCUT2D eigenvalue weighted by molar-refractivity contribution is 0.112. The Balaban J connectivity index is 3.33. The fourth-order valence-corrected chi connectivity index (χ4v) is 0.926. The highest BCUT2D eigenvalue weighted by Crippen LogP contribution is 1.98. The fraction of sp³-hybridized carbons (Fsp3) is 0.727. The summed E-state index contributed by atoms with van der Waals surface area (Å²) < 4.78 is 5.27. The van der Waals surface area contributed by atoms with Crippen LogP contribution in [-0.4, -0.2) is 12.7 Å². The van der Waals surface area contributed by atoms with Crippen LogP contribution in [0.15, 0.2) is 12.2 Å². The van der Waals surface area contributed by atoms with Crippen LogP contribution in [0.5, 0.6) is 0 Å². The number of nitrogens with zero attached hydrogens (tertiary/aromatic N) is 1. The van der Waals surface area contributed by atoms with Gasteiger partial charge in [0.05, 0.1) is 12.7 Å². The van der Waals surface area contributed by atoms with Crippen molar-refractivity contribution in [1.29, 1.82) is 5.26 Å². The number of rotatable bonds is 7. The molecule has 0 radical (unpaired) electrons. The molecule has 1 unspecified atom stereocenters. The SMILES string of the molecule is CCCC/C=C/COC(C#N)CC. The van der Waals surface area contributed by atoms with Gasteiger partial charge in [-0.25, -0.2) is 0 Å². The topological polar surface area (TPSA) is 33.0 Å². The van der Waals surface area contributed by atoms with Crippen molar-refractivity contribution in [3.05, 3.63) is 12.2 Å². The first-order chi connectivity index (χ1) is 6.35. The number of unbranched alkanes of at least 4 members (excludes halogenated alkanes) is 2. The molecule has 0 aromatic rings. The standard InChI is InChI=1S/C11H19NO/c1-3-5-6-7-8-9-13-11(4-2)10-12/h7-8,11H,3-6,9H2,1-2H3/b8-7+. The van der Waals surface area contributed by atoms with Crippen LogP contribution < -0.4 is 0 Å². The Morgan fingerprint density at radius 3 is 2.69 bits per heavy atom. The zero-order chi connectivity index (χ0) is 9.94. The van der Waals surface area contributed by atoms with E-state index < -0.39 is 0 Å². The van der Waals surface area contributed by atoms with Crippen LogP contribution in [0, 0.1) is 11.3 Å². The normalized spacial score (nSPS) is 13.0. The quantitative estimate of drug-likeness (QED) is 0.446. The molecule has 2 nitrogen and oxygen atoms in total. The Kier molecular flexibility index (Phi) is 8.70. The minimum Gasteiger partial charge on any atom is -0.359 e. The highest BCUT2D eigenvalue weighted by atomic mass is 16.5. The maximum Gasteiger partial charge on any atom is 0.144 e. The first-order valence-corrected chi connectivity index (χ1v) is 5.01. The van der Waals surface area contributed by atoms with Gasteiger partial charge in [0.25, 0.3) is 0 Å². The van der Waals surface area contributed by atoms with Crippen molar-refractivity contribution in [2.45, 2.75) is 45.6 Å². The smallest absolute Gasteiger partial charge is 0.144 e. The Morgan fingerprint density at radius 1 is 1.38 bits per heavy atom. The van der Waals surface area contributed by atoms with Crippen molar-refractivity contribution in [2.75, 3.05) is 6.61 Å². The van der Waals surface area contributed by atoms with Gasteiger partial charge in [0.15, 0.2) is 0 Å². The van der Waals surface area contributed by atoms with Gasteiger partial charge < -0.3 is 4.74 Å². The average Bonchev–Trinajstić information content (AvgIpc) is 2.17. The Hall–Kier alpha value is -0.810. The monoisotopic (exact) mass is 181 g/mol.